The molecule has 12 atom stereocenters. The molecule has 10 heteroatoms. The number of ketones is 1. The van der Waals surface area contributed by atoms with Crippen molar-refractivity contribution in [2.75, 3.05) is 6.86 Å². The summed E-state index contributed by atoms with van der Waals surface area (Å²) >= 11 is 0. The summed E-state index contributed by atoms with van der Waals surface area (Å²) in [6.45, 7) is 7.36. The molecule has 0 aromatic rings. The van der Waals surface area contributed by atoms with Gasteiger partial charge in [0.25, 0.3) is 0 Å². The zero-order valence-corrected chi connectivity index (χ0v) is 24.8. The maximum atomic E-state index is 17.5. The summed E-state index contributed by atoms with van der Waals surface area (Å²) in [5.74, 6) is -3.65. The lowest BCUT2D eigenvalue weighted by Crippen LogP contribution is -2.71. The Labute approximate surface area is 244 Å². The van der Waals surface area contributed by atoms with Gasteiger partial charge in [0.1, 0.15) is 12.3 Å². The van der Waals surface area contributed by atoms with Gasteiger partial charge in [0, 0.05) is 28.1 Å². The van der Waals surface area contributed by atoms with Crippen molar-refractivity contribution >= 4 is 17.9 Å². The van der Waals surface area contributed by atoms with E-state index < -0.39 is 83.0 Å². The minimum absolute atomic E-state index is 0.0149. The van der Waals surface area contributed by atoms with Crippen LogP contribution in [0.15, 0.2) is 23.8 Å². The van der Waals surface area contributed by atoms with Gasteiger partial charge in [-0.05, 0) is 80.9 Å². The molecule has 0 amide bonds. The summed E-state index contributed by atoms with van der Waals surface area (Å²) < 4.78 is 63.6. The molecule has 6 aliphatic rings. The maximum absolute atomic E-state index is 17.5. The fraction of sp³-hybridized carbons (Fsp3) is 0.781. The van der Waals surface area contributed by atoms with Gasteiger partial charge in [-0.3, -0.25) is 4.79 Å². The van der Waals surface area contributed by atoms with Gasteiger partial charge in [0.2, 0.25) is 12.5 Å². The molecular weight excluding hydrogens is 553 g/mol. The van der Waals surface area contributed by atoms with Gasteiger partial charge in [0.15, 0.2) is 11.5 Å². The standard InChI is InChI=1S/C32H41F3O7/c1-16-10-20-21-13-23(34)22-12-19(36)8-9-29(22,4)31(21,35)24(37)14-30(20,5)32(16,26(38)40-15-33)42-27(39)41-25-17-6-7-18(11-17)28(25,2)3/h8-9,12,16-18,20-21,23-25,37H,6-7,10-11,13-15H2,1-5H3/t16-,17-,18-,20+,21+,23+,24+,25-,29+,30+,31+,32+/m1/s1. The summed E-state index contributed by atoms with van der Waals surface area (Å²) in [7, 11) is 0. The molecule has 2 bridgehead atoms. The molecule has 232 valence electrons. The molecule has 0 spiro atoms. The molecule has 0 radical (unpaired) electrons. The van der Waals surface area contributed by atoms with Crippen LogP contribution in [0.5, 0.6) is 0 Å². The van der Waals surface area contributed by atoms with E-state index in [0.29, 0.717) is 5.92 Å². The Kier molecular flexibility index (Phi) is 6.59. The summed E-state index contributed by atoms with van der Waals surface area (Å²) in [5, 5.41) is 11.6. The highest BCUT2D eigenvalue weighted by Crippen LogP contribution is 2.72. The van der Waals surface area contributed by atoms with E-state index in [4.69, 9.17) is 14.2 Å². The summed E-state index contributed by atoms with van der Waals surface area (Å²) in [4.78, 5) is 39.4. The van der Waals surface area contributed by atoms with Crippen molar-refractivity contribution in [3.05, 3.63) is 23.8 Å². The van der Waals surface area contributed by atoms with Gasteiger partial charge in [-0.1, -0.05) is 33.8 Å². The Morgan fingerprint density at radius 2 is 1.81 bits per heavy atom. The highest BCUT2D eigenvalue weighted by atomic mass is 19.1. The molecule has 6 rings (SSSR count). The van der Waals surface area contributed by atoms with Crippen LogP contribution < -0.4 is 0 Å². The number of esters is 1. The van der Waals surface area contributed by atoms with E-state index in [-0.39, 0.29) is 36.2 Å². The normalized spacial score (nSPS) is 49.9. The predicted molar refractivity (Wildman–Crippen MR) is 144 cm³/mol. The molecule has 1 N–H and O–H groups in total. The van der Waals surface area contributed by atoms with Crippen LogP contribution in [0.4, 0.5) is 18.0 Å². The van der Waals surface area contributed by atoms with Crippen LogP contribution in [0.3, 0.4) is 0 Å². The number of allylic oxidation sites excluding steroid dienone is 4. The molecule has 0 aromatic carbocycles. The molecule has 0 heterocycles. The first kappa shape index (κ1) is 29.7. The largest absolute Gasteiger partial charge is 0.509 e. The number of alkyl halides is 3. The van der Waals surface area contributed by atoms with Gasteiger partial charge < -0.3 is 19.3 Å². The van der Waals surface area contributed by atoms with E-state index in [0.717, 1.165) is 25.3 Å². The van der Waals surface area contributed by atoms with Crippen LogP contribution in [-0.4, -0.2) is 59.5 Å². The van der Waals surface area contributed by atoms with Crippen molar-refractivity contribution in [1.82, 2.24) is 0 Å². The molecule has 6 aliphatic carbocycles. The van der Waals surface area contributed by atoms with E-state index in [9.17, 15) is 23.9 Å². The first-order valence-corrected chi connectivity index (χ1v) is 15.2. The smallest absolute Gasteiger partial charge is 0.431 e. The van der Waals surface area contributed by atoms with Crippen LogP contribution in [-0.2, 0) is 23.8 Å². The second-order valence-corrected chi connectivity index (χ2v) is 14.8. The predicted octanol–water partition coefficient (Wildman–Crippen LogP) is 5.74. The van der Waals surface area contributed by atoms with E-state index in [2.05, 4.69) is 0 Å². The van der Waals surface area contributed by atoms with Crippen molar-refractivity contribution in [3.8, 4) is 0 Å². The van der Waals surface area contributed by atoms with E-state index in [1.54, 1.807) is 13.8 Å². The zero-order valence-electron chi connectivity index (χ0n) is 24.8. The lowest BCUT2D eigenvalue weighted by Gasteiger charge is -2.62. The minimum Gasteiger partial charge on any atom is -0.431 e. The molecule has 0 saturated heterocycles. The number of ether oxygens (including phenoxy) is 3. The molecule has 0 aromatic heterocycles. The van der Waals surface area contributed by atoms with Crippen molar-refractivity contribution < 1.29 is 46.9 Å². The lowest BCUT2D eigenvalue weighted by molar-refractivity contribution is -0.236. The Morgan fingerprint density at radius 3 is 2.45 bits per heavy atom. The van der Waals surface area contributed by atoms with Gasteiger partial charge >= 0.3 is 12.1 Å². The number of carbonyl (C=O) groups is 3. The monoisotopic (exact) mass is 594 g/mol. The molecule has 5 fully saturated rings. The molecular formula is C32H41F3O7. The van der Waals surface area contributed by atoms with Crippen molar-refractivity contribution in [2.24, 2.45) is 45.8 Å². The second kappa shape index (κ2) is 9.32. The lowest BCUT2D eigenvalue weighted by atomic mass is 9.44. The Balaban J connectivity index is 1.38. The summed E-state index contributed by atoms with van der Waals surface area (Å²) in [6, 6.07) is 0. The van der Waals surface area contributed by atoms with Crippen LogP contribution in [0, 0.1) is 45.8 Å². The average molecular weight is 595 g/mol. The van der Waals surface area contributed by atoms with Crippen LogP contribution in [0.25, 0.3) is 0 Å². The number of hydrogen-bond acceptors (Lipinski definition) is 7. The number of hydrogen-bond donors (Lipinski definition) is 1. The third-order valence-corrected chi connectivity index (χ3v) is 12.8. The van der Waals surface area contributed by atoms with Crippen molar-refractivity contribution in [2.45, 2.75) is 103 Å². The quantitative estimate of drug-likeness (QED) is 0.415. The van der Waals surface area contributed by atoms with E-state index in [1.807, 2.05) is 13.8 Å². The van der Waals surface area contributed by atoms with Crippen LogP contribution in [0.1, 0.15) is 73.1 Å². The fourth-order valence-electron chi connectivity index (χ4n) is 10.7. The van der Waals surface area contributed by atoms with Gasteiger partial charge in [-0.2, -0.15) is 0 Å². The van der Waals surface area contributed by atoms with Gasteiger partial charge in [-0.15, -0.1) is 0 Å². The number of carbonyl (C=O) groups excluding carboxylic acids is 3. The summed E-state index contributed by atoms with van der Waals surface area (Å²) in [6.07, 6.45) is 1.10. The zero-order chi connectivity index (χ0) is 30.6. The first-order chi connectivity index (χ1) is 19.6. The number of fused-ring (bicyclic) bond motifs is 7. The fourth-order valence-corrected chi connectivity index (χ4v) is 10.7. The Morgan fingerprint density at radius 1 is 1.10 bits per heavy atom. The number of aliphatic hydroxyl groups is 1. The molecule has 7 nitrogen and oxygen atoms in total. The van der Waals surface area contributed by atoms with Gasteiger partial charge in [-0.25, -0.2) is 22.8 Å². The summed E-state index contributed by atoms with van der Waals surface area (Å²) in [5.41, 5.74) is -7.83. The highest BCUT2D eigenvalue weighted by molar-refractivity contribution is 6.01. The van der Waals surface area contributed by atoms with Gasteiger partial charge in [0.05, 0.1) is 6.10 Å². The first-order valence-electron chi connectivity index (χ1n) is 15.2. The average Bonchev–Trinajstić information content (AvgIpc) is 3.55. The Bertz CT molecular complexity index is 1260. The maximum Gasteiger partial charge on any atom is 0.509 e. The molecule has 42 heavy (non-hydrogen) atoms. The third-order valence-electron chi connectivity index (χ3n) is 12.8. The van der Waals surface area contributed by atoms with Crippen LogP contribution >= 0.6 is 0 Å². The number of halogens is 3. The van der Waals surface area contributed by atoms with E-state index in [1.165, 1.54) is 19.1 Å². The molecule has 0 aliphatic heterocycles. The third kappa shape index (κ3) is 3.53. The Hall–Kier alpha value is -2.36. The second-order valence-electron chi connectivity index (χ2n) is 14.8. The van der Waals surface area contributed by atoms with Crippen molar-refractivity contribution in [3.63, 3.8) is 0 Å². The molecule has 0 unspecified atom stereocenters. The minimum atomic E-state index is -2.38. The number of aliphatic hydroxyl groups excluding tert-OH is 1. The van der Waals surface area contributed by atoms with Crippen molar-refractivity contribution in [1.29, 1.82) is 0 Å². The topological polar surface area (TPSA) is 99.1 Å². The van der Waals surface area contributed by atoms with E-state index >= 15 is 8.78 Å². The highest BCUT2D eigenvalue weighted by Gasteiger charge is 2.79. The number of rotatable bonds is 4. The molecule has 5 saturated carbocycles. The van der Waals surface area contributed by atoms with Crippen LogP contribution in [0.2, 0.25) is 0 Å². The SMILES string of the molecule is C[C@@H]1C[C@H]2[C@@H]3C[C@H](F)C4=CC(=O)C=C[C@]4(C)[C@@]3(F)[C@@H](O)C[C@]2(C)[C@@]1(OC(=O)O[C@@H]1[C@@H]2CC[C@H](C2)C1(C)C)C(=O)OCF.